The molecule has 1 fully saturated rings. The molecule has 0 bridgehead atoms. The molecule has 2 aliphatic rings. The van der Waals surface area contributed by atoms with Crippen molar-refractivity contribution in [3.8, 4) is 0 Å². The van der Waals surface area contributed by atoms with E-state index in [9.17, 15) is 9.59 Å². The summed E-state index contributed by atoms with van der Waals surface area (Å²) in [7, 11) is 1.71. The first-order chi connectivity index (χ1) is 11.8. The highest BCUT2D eigenvalue weighted by molar-refractivity contribution is 6.20. The van der Waals surface area contributed by atoms with E-state index in [1.165, 1.54) is 9.80 Å². The second-order valence-electron chi connectivity index (χ2n) is 7.40. The van der Waals surface area contributed by atoms with Gasteiger partial charge in [0.1, 0.15) is 11.4 Å². The van der Waals surface area contributed by atoms with E-state index in [1.54, 1.807) is 7.05 Å². The minimum atomic E-state index is -0.526. The van der Waals surface area contributed by atoms with Gasteiger partial charge in [-0.15, -0.1) is 0 Å². The van der Waals surface area contributed by atoms with Crippen LogP contribution in [0.15, 0.2) is 4.99 Å². The molecular weight excluding hydrogens is 318 g/mol. The summed E-state index contributed by atoms with van der Waals surface area (Å²) in [5, 5.41) is 0. The molecule has 7 nitrogen and oxygen atoms in total. The molecule has 1 aromatic rings. The van der Waals surface area contributed by atoms with E-state index < -0.39 is 6.04 Å². The number of imidazole rings is 1. The van der Waals surface area contributed by atoms with Crippen LogP contribution >= 0.6 is 0 Å². The lowest BCUT2D eigenvalue weighted by Gasteiger charge is -2.33. The third-order valence-corrected chi connectivity index (χ3v) is 5.11. The van der Waals surface area contributed by atoms with Crippen LogP contribution in [0.5, 0.6) is 0 Å². The van der Waals surface area contributed by atoms with Crippen LogP contribution in [-0.4, -0.2) is 45.7 Å². The van der Waals surface area contributed by atoms with Gasteiger partial charge in [-0.1, -0.05) is 32.2 Å². The molecule has 0 radical (unpaired) electrons. The second kappa shape index (κ2) is 6.28. The molecule has 25 heavy (non-hydrogen) atoms. The number of amides is 3. The maximum absolute atomic E-state index is 13.1. The summed E-state index contributed by atoms with van der Waals surface area (Å²) in [5.74, 6) is 1.62. The molecule has 1 unspecified atom stereocenters. The molecular formula is C18H28N5O2+. The van der Waals surface area contributed by atoms with Gasteiger partial charge in [0.05, 0.1) is 6.54 Å². The quantitative estimate of drug-likeness (QED) is 0.768. The number of likely N-dealkylation sites (N-methyl/N-ethyl adjacent to an activating group) is 1. The normalized spacial score (nSPS) is 19.6. The summed E-state index contributed by atoms with van der Waals surface area (Å²) < 4.78 is 4.16. The number of aliphatic imine (C=N–C) groups is 1. The first-order valence-electron chi connectivity index (χ1n) is 9.08. The van der Waals surface area contributed by atoms with Gasteiger partial charge in [-0.25, -0.2) is 13.9 Å². The monoisotopic (exact) mass is 346 g/mol. The molecule has 1 saturated heterocycles. The van der Waals surface area contributed by atoms with E-state index in [1.807, 2.05) is 11.5 Å². The Morgan fingerprint density at radius 3 is 2.52 bits per heavy atom. The minimum Gasteiger partial charge on any atom is -0.270 e. The lowest BCUT2D eigenvalue weighted by molar-refractivity contribution is -0.694. The molecule has 3 heterocycles. The number of rotatable bonds is 5. The van der Waals surface area contributed by atoms with Gasteiger partial charge in [-0.2, -0.15) is 0 Å². The van der Waals surface area contributed by atoms with Gasteiger partial charge in [-0.3, -0.25) is 14.6 Å². The first kappa shape index (κ1) is 17.6. The number of urea groups is 1. The highest BCUT2D eigenvalue weighted by Gasteiger charge is 2.53. The molecule has 3 amide bonds. The number of imide groups is 1. The van der Waals surface area contributed by atoms with Crippen molar-refractivity contribution in [2.24, 2.45) is 10.9 Å². The van der Waals surface area contributed by atoms with Crippen molar-refractivity contribution in [1.82, 2.24) is 14.4 Å². The van der Waals surface area contributed by atoms with Crippen LogP contribution in [0.1, 0.15) is 51.0 Å². The number of aromatic nitrogens is 2. The average molecular weight is 346 g/mol. The number of nitrogens with zero attached hydrogens (tertiary/aromatic N) is 5. The highest BCUT2D eigenvalue weighted by Crippen LogP contribution is 2.35. The van der Waals surface area contributed by atoms with E-state index in [2.05, 4.69) is 32.3 Å². The van der Waals surface area contributed by atoms with Gasteiger partial charge in [0, 0.05) is 13.6 Å². The first-order valence-corrected chi connectivity index (χ1v) is 9.08. The molecule has 3 rings (SSSR count). The SMILES string of the molecule is CCCCN1C(=O)C2C(=Nc3n2c(C)c(C)[n+]3CC(C)C)N(C)C1=O. The Morgan fingerprint density at radius 1 is 1.24 bits per heavy atom. The van der Waals surface area contributed by atoms with Crippen LogP contribution in [0, 0.1) is 19.8 Å². The minimum absolute atomic E-state index is 0.163. The van der Waals surface area contributed by atoms with Gasteiger partial charge < -0.3 is 0 Å². The molecule has 7 heteroatoms. The third kappa shape index (κ3) is 2.56. The lowest BCUT2D eigenvalue weighted by atomic mass is 10.1. The van der Waals surface area contributed by atoms with E-state index >= 15 is 0 Å². The molecule has 0 N–H and O–H groups in total. The standard InChI is InChI=1S/C18H28N5O2/c1-7-8-9-21-16(24)14-15(20(6)18(21)25)19-17-22(10-11(2)3)12(4)13(5)23(14)17/h11,14H,7-10H2,1-6H3/q+1. The van der Waals surface area contributed by atoms with E-state index in [0.717, 1.165) is 36.7 Å². The molecule has 2 aliphatic heterocycles. The number of hydrogen-bond acceptors (Lipinski definition) is 3. The maximum Gasteiger partial charge on any atom is 0.402 e. The molecule has 136 valence electrons. The number of hydrogen-bond donors (Lipinski definition) is 0. The van der Waals surface area contributed by atoms with Gasteiger partial charge >= 0.3 is 12.0 Å². The fourth-order valence-corrected chi connectivity index (χ4v) is 3.61. The van der Waals surface area contributed by atoms with Crippen molar-refractivity contribution in [3.05, 3.63) is 11.4 Å². The van der Waals surface area contributed by atoms with Gasteiger partial charge in [0.2, 0.25) is 11.9 Å². The van der Waals surface area contributed by atoms with Crippen LogP contribution in [0.2, 0.25) is 0 Å². The van der Waals surface area contributed by atoms with Crippen LogP contribution in [0.4, 0.5) is 10.7 Å². The number of fused-ring (bicyclic) bond motifs is 3. The van der Waals surface area contributed by atoms with Gasteiger partial charge in [0.25, 0.3) is 5.91 Å². The highest BCUT2D eigenvalue weighted by atomic mass is 16.2. The zero-order valence-corrected chi connectivity index (χ0v) is 16.0. The fourth-order valence-electron chi connectivity index (χ4n) is 3.61. The van der Waals surface area contributed by atoms with Crippen molar-refractivity contribution < 1.29 is 14.2 Å². The zero-order chi connectivity index (χ0) is 18.5. The Labute approximate surface area is 148 Å². The Balaban J connectivity index is 2.08. The average Bonchev–Trinajstić information content (AvgIpc) is 3.05. The Hall–Kier alpha value is -2.18. The Bertz CT molecular complexity index is 762. The summed E-state index contributed by atoms with van der Waals surface area (Å²) >= 11 is 0. The van der Waals surface area contributed by atoms with Crippen molar-refractivity contribution in [1.29, 1.82) is 0 Å². The van der Waals surface area contributed by atoms with Crippen molar-refractivity contribution in [3.63, 3.8) is 0 Å². The second-order valence-corrected chi connectivity index (χ2v) is 7.40. The van der Waals surface area contributed by atoms with E-state index in [0.29, 0.717) is 18.3 Å². The molecule has 0 saturated carbocycles. The van der Waals surface area contributed by atoms with Crippen LogP contribution in [0.3, 0.4) is 0 Å². The maximum atomic E-state index is 13.1. The van der Waals surface area contributed by atoms with Crippen molar-refractivity contribution >= 4 is 23.7 Å². The third-order valence-electron chi connectivity index (χ3n) is 5.11. The topological polar surface area (TPSA) is 61.8 Å². The van der Waals surface area contributed by atoms with Crippen LogP contribution in [-0.2, 0) is 11.3 Å². The molecule has 0 spiro atoms. The van der Waals surface area contributed by atoms with Gasteiger partial charge in [0.15, 0.2) is 0 Å². The summed E-state index contributed by atoms with van der Waals surface area (Å²) in [4.78, 5) is 33.3. The molecule has 0 aromatic carbocycles. The zero-order valence-electron chi connectivity index (χ0n) is 16.0. The van der Waals surface area contributed by atoms with Crippen LogP contribution in [0.25, 0.3) is 0 Å². The van der Waals surface area contributed by atoms with Crippen molar-refractivity contribution in [2.45, 2.75) is 60.0 Å². The summed E-state index contributed by atoms with van der Waals surface area (Å²) in [5.41, 5.74) is 2.16. The predicted octanol–water partition coefficient (Wildman–Crippen LogP) is 2.33. The van der Waals surface area contributed by atoms with E-state index in [4.69, 9.17) is 4.99 Å². The van der Waals surface area contributed by atoms with Crippen LogP contribution < -0.4 is 4.57 Å². The number of carbonyl (C=O) groups is 2. The number of amidine groups is 1. The predicted molar refractivity (Wildman–Crippen MR) is 94.9 cm³/mol. The largest absolute Gasteiger partial charge is 0.402 e. The van der Waals surface area contributed by atoms with Gasteiger partial charge in [-0.05, 0) is 26.2 Å². The molecule has 1 atom stereocenters. The van der Waals surface area contributed by atoms with E-state index in [-0.39, 0.29) is 11.9 Å². The Kier molecular flexibility index (Phi) is 4.43. The fraction of sp³-hybridized carbons (Fsp3) is 0.667. The lowest BCUT2D eigenvalue weighted by Crippen LogP contribution is -2.57. The Morgan fingerprint density at radius 2 is 1.92 bits per heavy atom. The summed E-state index contributed by atoms with van der Waals surface area (Å²) in [6.45, 7) is 11.8. The number of carbonyl (C=O) groups excluding carboxylic acids is 2. The summed E-state index contributed by atoms with van der Waals surface area (Å²) in [6, 6.07) is -0.800. The molecule has 1 aromatic heterocycles. The number of unbranched alkanes of at least 4 members (excludes halogenated alkanes) is 1. The van der Waals surface area contributed by atoms with Crippen molar-refractivity contribution in [2.75, 3.05) is 13.6 Å². The summed E-state index contributed by atoms with van der Waals surface area (Å²) in [6.07, 6.45) is 1.75. The smallest absolute Gasteiger partial charge is 0.270 e. The molecule has 0 aliphatic carbocycles.